The average Bonchev–Trinajstić information content (AvgIpc) is 3.62. The van der Waals surface area contributed by atoms with Gasteiger partial charge >= 0.3 is 340 Å². The number of hydrogen-bond acceptors (Lipinski definition) is 0. The van der Waals surface area contributed by atoms with Crippen molar-refractivity contribution in [1.82, 2.24) is 0 Å². The van der Waals surface area contributed by atoms with Gasteiger partial charge in [0.15, 0.2) is 0 Å². The number of aryl methyl sites for hydroxylation is 2. The Balaban J connectivity index is 1.72. The molecule has 4 aromatic carbocycles. The number of allylic oxidation sites excluding steroid dienone is 2. The second kappa shape index (κ2) is 14.8. The van der Waals surface area contributed by atoms with Crippen LogP contribution < -0.4 is 0 Å². The third-order valence-electron chi connectivity index (χ3n) is 12.5. The van der Waals surface area contributed by atoms with E-state index in [-0.39, 0.29) is 18.1 Å². The van der Waals surface area contributed by atoms with Crippen molar-refractivity contribution in [2.45, 2.75) is 127 Å². The Hall–Kier alpha value is -1.96. The van der Waals surface area contributed by atoms with Gasteiger partial charge in [0.1, 0.15) is 0 Å². The van der Waals surface area contributed by atoms with Gasteiger partial charge < -0.3 is 0 Å². The van der Waals surface area contributed by atoms with Gasteiger partial charge in [-0.15, -0.1) is 0 Å². The first-order chi connectivity index (χ1) is 25.1. The van der Waals surface area contributed by atoms with Crippen molar-refractivity contribution in [2.24, 2.45) is 11.8 Å². The first-order valence-electron chi connectivity index (χ1n) is 20.5. The first-order valence-corrected chi connectivity index (χ1v) is 36.8. The molecule has 0 saturated heterocycles. The van der Waals surface area contributed by atoms with Gasteiger partial charge in [0.25, 0.3) is 0 Å². The predicted molar refractivity (Wildman–Crippen MR) is 242 cm³/mol. The quantitative estimate of drug-likeness (QED) is 0.147. The standard InChI is InChI=1S/2C24H29.C2H7Si.2ClH.Zr/c2*1-16(2)13-18-14-19-11-12-22(24(4,5)6)23(21(19)15-18)20-10-8-7-9-17(20)3;1-3-2;;;/h2*7-12,14-16H,13H2,1-6H3;3H,1-2H3;2*1H;/q;;;;;+2/p-2. The fourth-order valence-electron chi connectivity index (χ4n) is 9.99. The third-order valence-corrected chi connectivity index (χ3v) is 64.4. The topological polar surface area (TPSA) is 0 Å². The molecule has 0 radical (unpaired) electrons. The van der Waals surface area contributed by atoms with Crippen LogP contribution >= 0.6 is 17.0 Å². The normalized spacial score (nSPS) is 18.2. The first kappa shape index (κ1) is 41.7. The molecule has 0 amide bonds. The summed E-state index contributed by atoms with van der Waals surface area (Å²) in [6, 6.07) is 27.7. The van der Waals surface area contributed by atoms with Crippen molar-refractivity contribution in [1.29, 1.82) is 0 Å². The Labute approximate surface area is 337 Å². The van der Waals surface area contributed by atoms with Crippen LogP contribution in [0.2, 0.25) is 13.1 Å². The molecule has 0 nitrogen and oxygen atoms in total. The Morgan fingerprint density at radius 1 is 0.574 bits per heavy atom. The molecule has 0 heterocycles. The van der Waals surface area contributed by atoms with Crippen LogP contribution in [0.15, 0.2) is 83.9 Å². The van der Waals surface area contributed by atoms with Gasteiger partial charge in [-0.3, -0.25) is 0 Å². The maximum atomic E-state index is 9.03. The van der Waals surface area contributed by atoms with Gasteiger partial charge in [-0.2, -0.15) is 0 Å². The fraction of sp³-hybridized carbons (Fsp3) is 0.440. The molecule has 0 N–H and O–H groups in total. The van der Waals surface area contributed by atoms with Crippen LogP contribution in [0.25, 0.3) is 34.4 Å². The van der Waals surface area contributed by atoms with E-state index in [2.05, 4.69) is 181 Å². The summed E-state index contributed by atoms with van der Waals surface area (Å²) in [6.45, 7) is 33.1. The molecule has 0 fully saturated rings. The SMILES string of the molecule is Cc1ccccc1-c1c(C(C)(C)C)ccc2c1C=C(CC(C)C)[CH]2[Zr]([Cl])([Cl])([CH]1C(CC(C)C)=Cc2c1ccc(C(C)(C)C)c2-c1ccccc1C)[SiH](C)C. The Bertz CT molecular complexity index is 2000. The number of benzene rings is 4. The zero-order valence-electron chi connectivity index (χ0n) is 35.6. The van der Waals surface area contributed by atoms with Crippen LogP contribution in [0.3, 0.4) is 0 Å². The van der Waals surface area contributed by atoms with Gasteiger partial charge in [-0.25, -0.2) is 0 Å². The summed E-state index contributed by atoms with van der Waals surface area (Å²) >= 11 is -5.05. The molecule has 0 saturated carbocycles. The molecule has 6 rings (SSSR count). The number of hydrogen-bond donors (Lipinski definition) is 0. The van der Waals surface area contributed by atoms with E-state index in [9.17, 15) is 0 Å². The molecule has 2 unspecified atom stereocenters. The van der Waals surface area contributed by atoms with E-state index >= 15 is 0 Å². The van der Waals surface area contributed by atoms with E-state index in [0.29, 0.717) is 11.8 Å². The zero-order valence-corrected chi connectivity index (χ0v) is 40.8. The molecule has 0 aliphatic heterocycles. The van der Waals surface area contributed by atoms with Crippen LogP contribution in [-0.2, 0) is 26.4 Å². The van der Waals surface area contributed by atoms with Gasteiger partial charge in [-0.05, 0) is 0 Å². The second-order valence-corrected chi connectivity index (χ2v) is 62.5. The zero-order chi connectivity index (χ0) is 39.7. The molecule has 54 heavy (non-hydrogen) atoms. The molecule has 287 valence electrons. The van der Waals surface area contributed by atoms with Gasteiger partial charge in [-0.1, -0.05) is 0 Å². The van der Waals surface area contributed by atoms with Gasteiger partial charge in [0.2, 0.25) is 0 Å². The van der Waals surface area contributed by atoms with Crippen LogP contribution in [0.1, 0.15) is 134 Å². The summed E-state index contributed by atoms with van der Waals surface area (Å²) in [5.74, 6) is -0.763. The van der Waals surface area contributed by atoms with E-state index in [4.69, 9.17) is 17.0 Å². The number of rotatable bonds is 9. The third kappa shape index (κ3) is 7.12. The second-order valence-electron chi connectivity index (χ2n) is 20.0. The molecule has 0 bridgehead atoms. The minimum atomic E-state index is -5.05. The summed E-state index contributed by atoms with van der Waals surface area (Å²) in [7, 11) is 18.1. The summed E-state index contributed by atoms with van der Waals surface area (Å²) in [5.41, 5.74) is 19.2. The Morgan fingerprint density at radius 2 is 0.926 bits per heavy atom. The van der Waals surface area contributed by atoms with E-state index in [0.717, 1.165) is 12.8 Å². The van der Waals surface area contributed by atoms with Crippen molar-refractivity contribution < 1.29 is 15.6 Å². The predicted octanol–water partition coefficient (Wildman–Crippen LogP) is 15.9. The van der Waals surface area contributed by atoms with E-state index in [1.807, 2.05) is 0 Å². The molecule has 0 spiro atoms. The molecule has 4 aromatic rings. The summed E-state index contributed by atoms with van der Waals surface area (Å²) in [4.78, 5) is 0. The Kier molecular flexibility index (Phi) is 11.4. The van der Waals surface area contributed by atoms with Crippen LogP contribution in [0.5, 0.6) is 0 Å². The fourth-order valence-corrected chi connectivity index (χ4v) is 41.4. The molecular weight excluding hydrogens is 791 g/mol. The number of halogens is 2. The van der Waals surface area contributed by atoms with Crippen LogP contribution in [-0.4, -0.2) is 5.92 Å². The molecule has 4 heteroatoms. The molecule has 2 aliphatic rings. The van der Waals surface area contributed by atoms with Gasteiger partial charge in [0, 0.05) is 0 Å². The summed E-state index contributed by atoms with van der Waals surface area (Å²) in [6.07, 6.45) is 7.16. The maximum absolute atomic E-state index is 9.03. The van der Waals surface area contributed by atoms with Crippen molar-refractivity contribution in [3.63, 3.8) is 0 Å². The average molecular weight is 856 g/mol. The van der Waals surface area contributed by atoms with E-state index in [1.165, 1.54) is 77.9 Å². The van der Waals surface area contributed by atoms with Crippen molar-refractivity contribution in [3.05, 3.63) is 128 Å². The number of fused-ring (bicyclic) bond motifs is 2. The van der Waals surface area contributed by atoms with Crippen LogP contribution in [0.4, 0.5) is 0 Å². The molecule has 0 aromatic heterocycles. The van der Waals surface area contributed by atoms with Crippen molar-refractivity contribution in [3.8, 4) is 22.3 Å². The van der Waals surface area contributed by atoms with E-state index < -0.39 is 21.5 Å². The van der Waals surface area contributed by atoms with Gasteiger partial charge in [0.05, 0.1) is 0 Å². The summed E-state index contributed by atoms with van der Waals surface area (Å²) in [5, 5.41) is 0. The Morgan fingerprint density at radius 3 is 1.22 bits per heavy atom. The summed E-state index contributed by atoms with van der Waals surface area (Å²) < 4.78 is 0.123. The van der Waals surface area contributed by atoms with Crippen molar-refractivity contribution >= 4 is 35.1 Å². The van der Waals surface area contributed by atoms with E-state index in [1.54, 1.807) is 0 Å². The minimum absolute atomic E-state index is 0.0299. The molecular formula is C50H65Cl2SiZr. The van der Waals surface area contributed by atoms with Crippen LogP contribution in [0, 0.1) is 25.7 Å². The molecule has 2 aliphatic carbocycles. The monoisotopic (exact) mass is 853 g/mol. The molecule has 2 atom stereocenters. The van der Waals surface area contributed by atoms with Crippen molar-refractivity contribution in [2.75, 3.05) is 0 Å².